The number of carbonyl (C=O) groups excluding carboxylic acids is 4. The summed E-state index contributed by atoms with van der Waals surface area (Å²) >= 11 is 0. The SMILES string of the molecule is CCCCCCCC(=O)OCCC[C@H]1OC(C(=O)O)=C[C@@H](N=C(NC(=O)OC(C)(C)C)NC(=O)OC(C)(C)C)[C@H]1NC(C)=O. The molecule has 4 N–H and O–H groups in total. The fourth-order valence-electron chi connectivity index (χ4n) is 4.11. The number of carboxylic acids is 1. The molecule has 0 saturated heterocycles. The number of unbranched alkanes of at least 4 members (excludes halogenated alkanes) is 4. The van der Waals surface area contributed by atoms with Gasteiger partial charge in [-0.15, -0.1) is 0 Å². The van der Waals surface area contributed by atoms with Crippen molar-refractivity contribution in [1.29, 1.82) is 0 Å². The van der Waals surface area contributed by atoms with Gasteiger partial charge in [0.05, 0.1) is 18.7 Å². The summed E-state index contributed by atoms with van der Waals surface area (Å²) < 4.78 is 21.6. The molecule has 14 nitrogen and oxygen atoms in total. The van der Waals surface area contributed by atoms with Crippen molar-refractivity contribution in [2.24, 2.45) is 4.99 Å². The van der Waals surface area contributed by atoms with Gasteiger partial charge in [-0.2, -0.15) is 0 Å². The van der Waals surface area contributed by atoms with Gasteiger partial charge in [-0.25, -0.2) is 19.4 Å². The third kappa shape index (κ3) is 16.7. The van der Waals surface area contributed by atoms with Crippen LogP contribution < -0.4 is 16.0 Å². The number of alkyl carbamates (subject to hydrolysis) is 2. The van der Waals surface area contributed by atoms with Crippen LogP contribution in [0.3, 0.4) is 0 Å². The zero-order valence-electron chi connectivity index (χ0n) is 27.2. The van der Waals surface area contributed by atoms with Crippen LogP contribution in [-0.2, 0) is 33.3 Å². The van der Waals surface area contributed by atoms with Crippen molar-refractivity contribution in [1.82, 2.24) is 16.0 Å². The second-order valence-corrected chi connectivity index (χ2v) is 12.5. The Kier molecular flexibility index (Phi) is 15.7. The fraction of sp³-hybridized carbons (Fsp3) is 0.733. The minimum atomic E-state index is -1.38. The van der Waals surface area contributed by atoms with Crippen LogP contribution in [0.1, 0.15) is 107 Å². The lowest BCUT2D eigenvalue weighted by Gasteiger charge is -2.35. The predicted molar refractivity (Wildman–Crippen MR) is 162 cm³/mol. The number of hydrogen-bond acceptors (Lipinski definition) is 10. The Balaban J connectivity index is 3.19. The highest BCUT2D eigenvalue weighted by Gasteiger charge is 2.38. The highest BCUT2D eigenvalue weighted by atomic mass is 16.6. The Hall–Kier alpha value is -3.84. The van der Waals surface area contributed by atoms with Crippen LogP contribution >= 0.6 is 0 Å². The number of ether oxygens (including phenoxy) is 4. The number of aliphatic carboxylic acids is 1. The third-order valence-electron chi connectivity index (χ3n) is 5.85. The summed E-state index contributed by atoms with van der Waals surface area (Å²) in [6, 6.07) is -2.03. The molecule has 0 unspecified atom stereocenters. The van der Waals surface area contributed by atoms with E-state index in [0.29, 0.717) is 12.8 Å². The maximum absolute atomic E-state index is 12.6. The molecule has 0 aromatic heterocycles. The summed E-state index contributed by atoms with van der Waals surface area (Å²) in [5.41, 5.74) is -1.75. The van der Waals surface area contributed by atoms with Crippen LogP contribution in [0.25, 0.3) is 0 Å². The molecule has 1 heterocycles. The van der Waals surface area contributed by atoms with E-state index >= 15 is 0 Å². The van der Waals surface area contributed by atoms with Crippen LogP contribution in [0.2, 0.25) is 0 Å². The van der Waals surface area contributed by atoms with Crippen LogP contribution in [0.4, 0.5) is 9.59 Å². The van der Waals surface area contributed by atoms with E-state index < -0.39 is 65.2 Å². The molecule has 3 amide bonds. The quantitative estimate of drug-likeness (QED) is 0.0753. The average molecular weight is 627 g/mol. The summed E-state index contributed by atoms with van der Waals surface area (Å²) in [5.74, 6) is -2.99. The van der Waals surface area contributed by atoms with Crippen LogP contribution in [0.15, 0.2) is 16.8 Å². The second kappa shape index (κ2) is 18.1. The smallest absolute Gasteiger partial charge is 0.414 e. The molecule has 0 radical (unpaired) electrons. The molecular formula is C30H50N4O10. The molecule has 14 heteroatoms. The third-order valence-corrected chi connectivity index (χ3v) is 5.85. The van der Waals surface area contributed by atoms with E-state index in [1.807, 2.05) is 0 Å². The van der Waals surface area contributed by atoms with Crippen LogP contribution in [0, 0.1) is 0 Å². The average Bonchev–Trinajstić information content (AvgIpc) is 2.85. The minimum Gasteiger partial charge on any atom is -0.481 e. The number of hydrogen-bond donors (Lipinski definition) is 4. The molecule has 0 fully saturated rings. The molecule has 250 valence electrons. The van der Waals surface area contributed by atoms with Crippen molar-refractivity contribution in [3.63, 3.8) is 0 Å². The molecule has 0 spiro atoms. The normalized spacial score (nSPS) is 18.1. The molecule has 44 heavy (non-hydrogen) atoms. The maximum Gasteiger partial charge on any atom is 0.414 e. The van der Waals surface area contributed by atoms with Gasteiger partial charge in [0, 0.05) is 13.3 Å². The summed E-state index contributed by atoms with van der Waals surface area (Å²) in [6.07, 6.45) is 4.20. The summed E-state index contributed by atoms with van der Waals surface area (Å²) in [7, 11) is 0. The number of rotatable bonds is 13. The summed E-state index contributed by atoms with van der Waals surface area (Å²) in [4.78, 5) is 65.7. The van der Waals surface area contributed by atoms with Gasteiger partial charge >= 0.3 is 24.1 Å². The van der Waals surface area contributed by atoms with Gasteiger partial charge in [0.15, 0.2) is 0 Å². The van der Waals surface area contributed by atoms with Crippen LogP contribution in [-0.4, -0.2) is 77.1 Å². The van der Waals surface area contributed by atoms with E-state index in [9.17, 15) is 29.1 Å². The van der Waals surface area contributed by atoms with Crippen molar-refractivity contribution < 1.29 is 48.0 Å². The van der Waals surface area contributed by atoms with Gasteiger partial charge in [-0.1, -0.05) is 32.6 Å². The molecule has 0 aromatic carbocycles. The number of aliphatic imine (C=N–C) groups is 1. The number of amides is 3. The molecule has 1 rings (SSSR count). The first-order chi connectivity index (χ1) is 20.4. The van der Waals surface area contributed by atoms with Crippen molar-refractivity contribution in [2.75, 3.05) is 6.61 Å². The monoisotopic (exact) mass is 626 g/mol. The van der Waals surface area contributed by atoms with E-state index in [-0.39, 0.29) is 19.0 Å². The molecule has 0 saturated carbocycles. The second-order valence-electron chi connectivity index (χ2n) is 12.5. The topological polar surface area (TPSA) is 191 Å². The lowest BCUT2D eigenvalue weighted by Crippen LogP contribution is -2.54. The first kappa shape index (κ1) is 38.2. The number of carboxylic acid groups (broad SMARTS) is 1. The molecule has 1 aliphatic rings. The molecule has 0 aliphatic carbocycles. The number of carbonyl (C=O) groups is 5. The molecule has 1 aliphatic heterocycles. The molecule has 0 bridgehead atoms. The van der Waals surface area contributed by atoms with E-state index in [4.69, 9.17) is 18.9 Å². The van der Waals surface area contributed by atoms with Crippen molar-refractivity contribution in [3.8, 4) is 0 Å². The highest BCUT2D eigenvalue weighted by molar-refractivity contribution is 6.01. The Labute approximate surface area is 259 Å². The number of nitrogens with zero attached hydrogens (tertiary/aromatic N) is 1. The first-order valence-corrected chi connectivity index (χ1v) is 15.0. The van der Waals surface area contributed by atoms with Gasteiger partial charge in [0.2, 0.25) is 17.6 Å². The van der Waals surface area contributed by atoms with E-state index in [2.05, 4.69) is 27.9 Å². The summed E-state index contributed by atoms with van der Waals surface area (Å²) in [5, 5.41) is 17.1. The standard InChI is InChI=1S/C30H50N4O10/c1-9-10-11-12-13-16-23(36)41-17-14-15-21-24(31-19(2)35)20(18-22(42-21)25(37)38)32-26(33-27(39)43-29(3,4)5)34-28(40)44-30(6,7)8/h18,20-21,24H,9-17H2,1-8H3,(H,31,35)(H,37,38)(H2,32,33,34,39,40)/t20-,21-,24-/m1/s1. The zero-order valence-corrected chi connectivity index (χ0v) is 27.2. The lowest BCUT2D eigenvalue weighted by molar-refractivity contribution is -0.144. The van der Waals surface area contributed by atoms with E-state index in [1.54, 1.807) is 41.5 Å². The Morgan fingerprint density at radius 2 is 1.48 bits per heavy atom. The summed E-state index contributed by atoms with van der Waals surface area (Å²) in [6.45, 7) is 13.3. The Morgan fingerprint density at radius 3 is 1.98 bits per heavy atom. The maximum atomic E-state index is 12.6. The van der Waals surface area contributed by atoms with Gasteiger partial charge in [-0.05, 0) is 66.9 Å². The van der Waals surface area contributed by atoms with Crippen molar-refractivity contribution in [3.05, 3.63) is 11.8 Å². The van der Waals surface area contributed by atoms with Gasteiger partial charge in [-0.3, -0.25) is 20.2 Å². The molecule has 3 atom stereocenters. The van der Waals surface area contributed by atoms with E-state index in [1.165, 1.54) is 6.92 Å². The van der Waals surface area contributed by atoms with Gasteiger partial charge in [0.25, 0.3) is 0 Å². The Morgan fingerprint density at radius 1 is 0.909 bits per heavy atom. The zero-order chi connectivity index (χ0) is 33.5. The number of nitrogens with one attached hydrogen (secondary N) is 3. The van der Waals surface area contributed by atoms with Crippen molar-refractivity contribution >= 4 is 36.0 Å². The Bertz CT molecular complexity index is 1030. The van der Waals surface area contributed by atoms with Crippen molar-refractivity contribution in [2.45, 2.75) is 136 Å². The number of guanidine groups is 1. The lowest BCUT2D eigenvalue weighted by atomic mass is 9.95. The number of esters is 1. The molecular weight excluding hydrogens is 576 g/mol. The predicted octanol–water partition coefficient (Wildman–Crippen LogP) is 4.32. The van der Waals surface area contributed by atoms with Crippen LogP contribution in [0.5, 0.6) is 0 Å². The van der Waals surface area contributed by atoms with Gasteiger partial charge in [0.1, 0.15) is 17.3 Å². The molecule has 0 aromatic rings. The van der Waals surface area contributed by atoms with Gasteiger partial charge < -0.3 is 29.4 Å². The largest absolute Gasteiger partial charge is 0.481 e. The fourth-order valence-corrected chi connectivity index (χ4v) is 4.11. The highest BCUT2D eigenvalue weighted by Crippen LogP contribution is 2.25. The minimum absolute atomic E-state index is 0.0755. The first-order valence-electron chi connectivity index (χ1n) is 15.0. The van der Waals surface area contributed by atoms with E-state index in [0.717, 1.165) is 38.2 Å².